The molecule has 134 valence electrons. The zero-order valence-electron chi connectivity index (χ0n) is 14.1. The molecule has 0 bridgehead atoms. The van der Waals surface area contributed by atoms with Gasteiger partial charge in [-0.25, -0.2) is 9.69 Å². The second-order valence-electron chi connectivity index (χ2n) is 5.49. The number of aliphatic hydroxyl groups excluding tert-OH is 1. The van der Waals surface area contributed by atoms with Crippen LogP contribution < -0.4 is 9.64 Å². The highest BCUT2D eigenvalue weighted by atomic mass is 16.5. The van der Waals surface area contributed by atoms with E-state index in [0.717, 1.165) is 4.90 Å². The lowest BCUT2D eigenvalue weighted by Gasteiger charge is -2.14. The van der Waals surface area contributed by atoms with Crippen LogP contribution in [0.25, 0.3) is 0 Å². The van der Waals surface area contributed by atoms with Crippen molar-refractivity contribution in [2.24, 2.45) is 0 Å². The molecule has 1 N–H and O–H groups in total. The predicted molar refractivity (Wildman–Crippen MR) is 92.6 cm³/mol. The smallest absolute Gasteiger partial charge is 0.338 e. The Hall–Kier alpha value is -3.19. The number of nitrogens with zero attached hydrogens (tertiary/aromatic N) is 1. The van der Waals surface area contributed by atoms with Crippen LogP contribution in [0.4, 0.5) is 5.69 Å². The average molecular weight is 355 g/mol. The van der Waals surface area contributed by atoms with Gasteiger partial charge in [-0.2, -0.15) is 0 Å². The largest absolute Gasteiger partial charge is 0.494 e. The quantitative estimate of drug-likeness (QED) is 0.630. The van der Waals surface area contributed by atoms with Crippen LogP contribution in [0.3, 0.4) is 0 Å². The molecule has 1 heterocycles. The summed E-state index contributed by atoms with van der Waals surface area (Å²) < 4.78 is 10.2. The van der Waals surface area contributed by atoms with Crippen LogP contribution in [0.5, 0.6) is 5.75 Å². The summed E-state index contributed by atoms with van der Waals surface area (Å²) in [7, 11) is 0. The molecule has 1 aliphatic heterocycles. The van der Waals surface area contributed by atoms with Gasteiger partial charge in [0.25, 0.3) is 11.8 Å². The van der Waals surface area contributed by atoms with E-state index >= 15 is 0 Å². The van der Waals surface area contributed by atoms with Gasteiger partial charge in [0.05, 0.1) is 35.6 Å². The second-order valence-corrected chi connectivity index (χ2v) is 5.49. The number of ether oxygens (including phenoxy) is 2. The first kappa shape index (κ1) is 17.6. The Labute approximate surface area is 149 Å². The summed E-state index contributed by atoms with van der Waals surface area (Å²) in [6.45, 7) is 1.95. The van der Waals surface area contributed by atoms with Crippen molar-refractivity contribution in [3.63, 3.8) is 0 Å². The lowest BCUT2D eigenvalue weighted by Crippen LogP contribution is -2.29. The fourth-order valence-electron chi connectivity index (χ4n) is 2.68. The minimum absolute atomic E-state index is 0.138. The molecule has 2 amide bonds. The van der Waals surface area contributed by atoms with E-state index in [-0.39, 0.29) is 29.9 Å². The molecule has 26 heavy (non-hydrogen) atoms. The van der Waals surface area contributed by atoms with Crippen molar-refractivity contribution >= 4 is 23.5 Å². The van der Waals surface area contributed by atoms with Crippen LogP contribution in [0.1, 0.15) is 38.0 Å². The molecule has 0 radical (unpaired) electrons. The Morgan fingerprint density at radius 3 is 2.38 bits per heavy atom. The van der Waals surface area contributed by atoms with E-state index in [0.29, 0.717) is 18.0 Å². The monoisotopic (exact) mass is 355 g/mol. The molecule has 7 nitrogen and oxygen atoms in total. The van der Waals surface area contributed by atoms with Crippen LogP contribution in [0, 0.1) is 0 Å². The van der Waals surface area contributed by atoms with Crippen molar-refractivity contribution < 1.29 is 29.0 Å². The maximum atomic E-state index is 12.7. The van der Waals surface area contributed by atoms with Crippen molar-refractivity contribution in [3.8, 4) is 5.75 Å². The van der Waals surface area contributed by atoms with Gasteiger partial charge >= 0.3 is 5.97 Å². The van der Waals surface area contributed by atoms with Crippen LogP contribution in [0.15, 0.2) is 42.5 Å². The zero-order valence-corrected chi connectivity index (χ0v) is 14.1. The van der Waals surface area contributed by atoms with E-state index in [1.807, 2.05) is 6.92 Å². The van der Waals surface area contributed by atoms with Crippen LogP contribution >= 0.6 is 0 Å². The Morgan fingerprint density at radius 2 is 1.73 bits per heavy atom. The fraction of sp³-hybridized carbons (Fsp3) is 0.211. The van der Waals surface area contributed by atoms with Crippen molar-refractivity contribution in [1.29, 1.82) is 0 Å². The molecule has 2 aromatic carbocycles. The molecule has 0 saturated heterocycles. The number of esters is 1. The number of rotatable bonds is 6. The summed E-state index contributed by atoms with van der Waals surface area (Å²) in [6.07, 6.45) is 0. The third-order valence-electron chi connectivity index (χ3n) is 3.85. The van der Waals surface area contributed by atoms with Gasteiger partial charge in [-0.1, -0.05) is 0 Å². The molecule has 0 saturated carbocycles. The molecule has 0 fully saturated rings. The standard InChI is InChI=1S/C19H17NO6/c1-2-25-14-6-4-13(5-7-14)20-17(22)15-8-3-12(11-16(15)18(20)23)19(24)26-10-9-21/h3-8,11,21H,2,9-10H2,1H3. The summed E-state index contributed by atoms with van der Waals surface area (Å²) in [5.41, 5.74) is 0.931. The first-order valence-corrected chi connectivity index (χ1v) is 8.10. The van der Waals surface area contributed by atoms with Crippen molar-refractivity contribution in [2.45, 2.75) is 6.92 Å². The molecular formula is C19H17NO6. The second kappa shape index (κ2) is 7.37. The first-order chi connectivity index (χ1) is 12.6. The number of hydrogen-bond acceptors (Lipinski definition) is 6. The van der Waals surface area contributed by atoms with Gasteiger partial charge in [-0.3, -0.25) is 9.59 Å². The van der Waals surface area contributed by atoms with Crippen molar-refractivity contribution in [2.75, 3.05) is 24.7 Å². The highest BCUT2D eigenvalue weighted by molar-refractivity contribution is 6.34. The Morgan fingerprint density at radius 1 is 1.04 bits per heavy atom. The van der Waals surface area contributed by atoms with E-state index in [4.69, 9.17) is 14.6 Å². The normalized spacial score (nSPS) is 12.9. The van der Waals surface area contributed by atoms with Crippen LogP contribution in [-0.2, 0) is 4.74 Å². The number of aliphatic hydroxyl groups is 1. The first-order valence-electron chi connectivity index (χ1n) is 8.10. The molecule has 0 unspecified atom stereocenters. The lowest BCUT2D eigenvalue weighted by atomic mass is 10.1. The third kappa shape index (κ3) is 3.16. The average Bonchev–Trinajstić information content (AvgIpc) is 2.91. The number of fused-ring (bicyclic) bond motifs is 1. The van der Waals surface area contributed by atoms with Gasteiger partial charge in [0.1, 0.15) is 12.4 Å². The van der Waals surface area contributed by atoms with Gasteiger partial charge in [-0.05, 0) is 49.4 Å². The minimum Gasteiger partial charge on any atom is -0.494 e. The maximum Gasteiger partial charge on any atom is 0.338 e. The SMILES string of the molecule is CCOc1ccc(N2C(=O)c3ccc(C(=O)OCCO)cc3C2=O)cc1. The highest BCUT2D eigenvalue weighted by Crippen LogP contribution is 2.30. The zero-order chi connectivity index (χ0) is 18.7. The summed E-state index contributed by atoms with van der Waals surface area (Å²) >= 11 is 0. The number of benzene rings is 2. The van der Waals surface area contributed by atoms with E-state index < -0.39 is 17.8 Å². The number of amides is 2. The molecular weight excluding hydrogens is 338 g/mol. The van der Waals surface area contributed by atoms with Gasteiger partial charge in [-0.15, -0.1) is 0 Å². The van der Waals surface area contributed by atoms with E-state index in [1.54, 1.807) is 24.3 Å². The Balaban J connectivity index is 1.88. The van der Waals surface area contributed by atoms with E-state index in [9.17, 15) is 14.4 Å². The highest BCUT2D eigenvalue weighted by Gasteiger charge is 2.37. The molecule has 3 rings (SSSR count). The summed E-state index contributed by atoms with van der Waals surface area (Å²) in [6, 6.07) is 10.8. The minimum atomic E-state index is -0.665. The number of anilines is 1. The molecule has 2 aromatic rings. The number of hydrogen-bond donors (Lipinski definition) is 1. The summed E-state index contributed by atoms with van der Waals surface area (Å²) in [4.78, 5) is 38.2. The Bertz CT molecular complexity index is 859. The number of carbonyl (C=O) groups is 3. The number of imide groups is 1. The molecule has 0 aliphatic carbocycles. The lowest BCUT2D eigenvalue weighted by molar-refractivity contribution is 0.0433. The predicted octanol–water partition coefficient (Wildman–Crippen LogP) is 2.04. The van der Waals surface area contributed by atoms with Gasteiger partial charge in [0, 0.05) is 0 Å². The van der Waals surface area contributed by atoms with E-state index in [2.05, 4.69) is 0 Å². The van der Waals surface area contributed by atoms with Gasteiger partial charge < -0.3 is 14.6 Å². The molecule has 0 spiro atoms. The molecule has 0 aromatic heterocycles. The van der Waals surface area contributed by atoms with Crippen LogP contribution in [0.2, 0.25) is 0 Å². The number of carbonyl (C=O) groups excluding carboxylic acids is 3. The third-order valence-corrected chi connectivity index (χ3v) is 3.85. The van der Waals surface area contributed by atoms with Crippen LogP contribution in [-0.4, -0.2) is 42.7 Å². The fourth-order valence-corrected chi connectivity index (χ4v) is 2.68. The topological polar surface area (TPSA) is 93.1 Å². The van der Waals surface area contributed by atoms with Crippen molar-refractivity contribution in [3.05, 3.63) is 59.2 Å². The summed E-state index contributed by atoms with van der Waals surface area (Å²) in [5, 5.41) is 8.72. The summed E-state index contributed by atoms with van der Waals surface area (Å²) in [5.74, 6) is -0.987. The molecule has 0 atom stereocenters. The molecule has 7 heteroatoms. The van der Waals surface area contributed by atoms with Gasteiger partial charge in [0.15, 0.2) is 0 Å². The van der Waals surface area contributed by atoms with Crippen molar-refractivity contribution in [1.82, 2.24) is 0 Å². The maximum absolute atomic E-state index is 12.7. The van der Waals surface area contributed by atoms with Gasteiger partial charge in [0.2, 0.25) is 0 Å². The van der Waals surface area contributed by atoms with E-state index in [1.165, 1.54) is 18.2 Å². The molecule has 1 aliphatic rings. The Kier molecular flexibility index (Phi) is 4.99.